The minimum absolute atomic E-state index is 0.0634. The Morgan fingerprint density at radius 3 is 2.65 bits per heavy atom. The molecule has 0 aliphatic carbocycles. The first-order valence-corrected chi connectivity index (χ1v) is 6.28. The van der Waals surface area contributed by atoms with Crippen molar-refractivity contribution in [1.82, 2.24) is 5.32 Å². The maximum atomic E-state index is 8.91. The Morgan fingerprint density at radius 2 is 2.06 bits per heavy atom. The van der Waals surface area contributed by atoms with Crippen LogP contribution in [0, 0.1) is 0 Å². The number of ether oxygens (including phenoxy) is 1. The Morgan fingerprint density at radius 1 is 1.35 bits per heavy atom. The van der Waals surface area contributed by atoms with Crippen LogP contribution in [0.5, 0.6) is 5.75 Å². The van der Waals surface area contributed by atoms with E-state index in [0.717, 1.165) is 22.2 Å². The van der Waals surface area contributed by atoms with E-state index in [2.05, 4.69) is 21.2 Å². The molecule has 0 aliphatic heterocycles. The summed E-state index contributed by atoms with van der Waals surface area (Å²) in [5.74, 6) is 0.847. The molecule has 0 saturated carbocycles. The largest absolute Gasteiger partial charge is 0.496 e. The molecular weight excluding hydrogens is 286 g/mol. The number of halogens is 1. The van der Waals surface area contributed by atoms with E-state index in [1.807, 2.05) is 18.2 Å². The molecule has 0 fully saturated rings. The van der Waals surface area contributed by atoms with Crippen molar-refractivity contribution in [1.29, 1.82) is 0 Å². The van der Waals surface area contributed by atoms with Crippen LogP contribution in [-0.4, -0.2) is 43.1 Å². The lowest BCUT2D eigenvalue weighted by molar-refractivity contribution is 0.171. The van der Waals surface area contributed by atoms with E-state index in [-0.39, 0.29) is 19.3 Å². The Kier molecular flexibility index (Phi) is 6.50. The number of nitrogens with one attached hydrogen (secondary N) is 1. The van der Waals surface area contributed by atoms with Crippen molar-refractivity contribution >= 4 is 15.9 Å². The highest BCUT2D eigenvalue weighted by Gasteiger charge is 2.06. The zero-order valence-corrected chi connectivity index (χ0v) is 11.4. The molecule has 0 amide bonds. The van der Waals surface area contributed by atoms with Gasteiger partial charge in [0, 0.05) is 4.47 Å². The molecule has 1 rings (SSSR count). The van der Waals surface area contributed by atoms with Crippen LogP contribution in [0.1, 0.15) is 5.56 Å². The first-order valence-electron chi connectivity index (χ1n) is 5.48. The summed E-state index contributed by atoms with van der Waals surface area (Å²) < 4.78 is 6.27. The summed E-state index contributed by atoms with van der Waals surface area (Å²) in [6.45, 7) is 0.552. The fraction of sp³-hybridized carbons (Fsp3) is 0.500. The summed E-state index contributed by atoms with van der Waals surface area (Å²) in [5.41, 5.74) is 1.09. The highest BCUT2D eigenvalue weighted by atomic mass is 79.9. The molecule has 3 N–H and O–H groups in total. The second-order valence-electron chi connectivity index (χ2n) is 3.72. The van der Waals surface area contributed by atoms with Gasteiger partial charge in [0.05, 0.1) is 26.4 Å². The van der Waals surface area contributed by atoms with Crippen LogP contribution in [0.4, 0.5) is 0 Å². The maximum absolute atomic E-state index is 8.91. The van der Waals surface area contributed by atoms with E-state index in [9.17, 15) is 0 Å². The summed E-state index contributed by atoms with van der Waals surface area (Å²) in [5, 5.41) is 20.9. The van der Waals surface area contributed by atoms with Crippen molar-refractivity contribution in [3.05, 3.63) is 28.2 Å². The van der Waals surface area contributed by atoms with E-state index in [1.54, 1.807) is 7.11 Å². The van der Waals surface area contributed by atoms with Gasteiger partial charge in [0.2, 0.25) is 0 Å². The standard InChI is InChI=1S/C12H18BrNO3/c1-17-12-3-2-10(13)6-9(12)4-5-14-11(7-15)8-16/h2-3,6,11,14-16H,4-5,7-8H2,1H3. The second kappa shape index (κ2) is 7.66. The normalized spacial score (nSPS) is 10.9. The highest BCUT2D eigenvalue weighted by Crippen LogP contribution is 2.23. The monoisotopic (exact) mass is 303 g/mol. The van der Waals surface area contributed by atoms with Crippen LogP contribution >= 0.6 is 15.9 Å². The number of aliphatic hydroxyl groups is 2. The SMILES string of the molecule is COc1ccc(Br)cc1CCNC(CO)CO. The third kappa shape index (κ3) is 4.63. The minimum Gasteiger partial charge on any atom is -0.496 e. The van der Waals surface area contributed by atoms with Gasteiger partial charge in [-0.2, -0.15) is 0 Å². The molecule has 4 nitrogen and oxygen atoms in total. The van der Waals surface area contributed by atoms with E-state index in [0.29, 0.717) is 6.54 Å². The van der Waals surface area contributed by atoms with E-state index < -0.39 is 0 Å². The van der Waals surface area contributed by atoms with Gasteiger partial charge < -0.3 is 20.3 Å². The molecule has 0 atom stereocenters. The Labute approximate surface area is 110 Å². The smallest absolute Gasteiger partial charge is 0.122 e. The number of hydrogen-bond acceptors (Lipinski definition) is 4. The Balaban J connectivity index is 2.53. The summed E-state index contributed by atoms with van der Waals surface area (Å²) >= 11 is 3.42. The average Bonchev–Trinajstić information content (AvgIpc) is 2.35. The molecule has 96 valence electrons. The van der Waals surface area contributed by atoms with Gasteiger partial charge in [-0.3, -0.25) is 0 Å². The summed E-state index contributed by atoms with van der Waals surface area (Å²) in [6, 6.07) is 5.59. The summed E-state index contributed by atoms with van der Waals surface area (Å²) in [6.07, 6.45) is 0.777. The molecule has 0 spiro atoms. The number of hydrogen-bond donors (Lipinski definition) is 3. The molecular formula is C12H18BrNO3. The van der Waals surface area contributed by atoms with Crippen LogP contribution in [0.2, 0.25) is 0 Å². The molecule has 1 aromatic rings. The van der Waals surface area contributed by atoms with E-state index in [1.165, 1.54) is 0 Å². The third-order valence-corrected chi connectivity index (χ3v) is 3.00. The first kappa shape index (κ1) is 14.4. The molecule has 0 radical (unpaired) electrons. The lowest BCUT2D eigenvalue weighted by Gasteiger charge is -2.14. The first-order chi connectivity index (χ1) is 8.21. The number of aliphatic hydroxyl groups excluding tert-OH is 2. The molecule has 0 aromatic heterocycles. The molecule has 17 heavy (non-hydrogen) atoms. The average molecular weight is 304 g/mol. The van der Waals surface area contributed by atoms with Gasteiger partial charge in [-0.1, -0.05) is 15.9 Å². The Bertz CT molecular complexity index is 343. The zero-order valence-electron chi connectivity index (χ0n) is 9.82. The van der Waals surface area contributed by atoms with Crippen LogP contribution in [0.15, 0.2) is 22.7 Å². The molecule has 0 aliphatic rings. The Hall–Kier alpha value is -0.620. The molecule has 1 aromatic carbocycles. The number of rotatable bonds is 7. The molecule has 5 heteroatoms. The van der Waals surface area contributed by atoms with Crippen molar-refractivity contribution in [3.8, 4) is 5.75 Å². The lowest BCUT2D eigenvalue weighted by Crippen LogP contribution is -2.36. The van der Waals surface area contributed by atoms with Crippen molar-refractivity contribution in [2.45, 2.75) is 12.5 Å². The van der Waals surface area contributed by atoms with Crippen LogP contribution in [0.25, 0.3) is 0 Å². The lowest BCUT2D eigenvalue weighted by atomic mass is 10.1. The quantitative estimate of drug-likeness (QED) is 0.702. The van der Waals surface area contributed by atoms with E-state index in [4.69, 9.17) is 14.9 Å². The zero-order chi connectivity index (χ0) is 12.7. The predicted octanol–water partition coefficient (Wildman–Crippen LogP) is 0.943. The van der Waals surface area contributed by atoms with Crippen LogP contribution in [-0.2, 0) is 6.42 Å². The predicted molar refractivity (Wildman–Crippen MR) is 70.4 cm³/mol. The fourth-order valence-electron chi connectivity index (χ4n) is 1.54. The van der Waals surface area contributed by atoms with Gasteiger partial charge in [0.25, 0.3) is 0 Å². The summed E-state index contributed by atoms with van der Waals surface area (Å²) in [7, 11) is 1.64. The molecule has 0 heterocycles. The molecule has 0 saturated heterocycles. The van der Waals surface area contributed by atoms with Gasteiger partial charge in [0.15, 0.2) is 0 Å². The second-order valence-corrected chi connectivity index (χ2v) is 4.64. The third-order valence-electron chi connectivity index (χ3n) is 2.51. The van der Waals surface area contributed by atoms with Crippen LogP contribution < -0.4 is 10.1 Å². The molecule has 0 unspecified atom stereocenters. The van der Waals surface area contributed by atoms with Gasteiger partial charge in [0.1, 0.15) is 5.75 Å². The van der Waals surface area contributed by atoms with Gasteiger partial charge >= 0.3 is 0 Å². The minimum atomic E-state index is -0.256. The fourth-order valence-corrected chi connectivity index (χ4v) is 1.95. The van der Waals surface area contributed by atoms with Gasteiger partial charge in [-0.25, -0.2) is 0 Å². The van der Waals surface area contributed by atoms with Crippen molar-refractivity contribution in [3.63, 3.8) is 0 Å². The van der Waals surface area contributed by atoms with Crippen molar-refractivity contribution in [2.24, 2.45) is 0 Å². The van der Waals surface area contributed by atoms with Crippen molar-refractivity contribution in [2.75, 3.05) is 26.9 Å². The summed E-state index contributed by atoms with van der Waals surface area (Å²) in [4.78, 5) is 0. The topological polar surface area (TPSA) is 61.7 Å². The van der Waals surface area contributed by atoms with Crippen molar-refractivity contribution < 1.29 is 14.9 Å². The van der Waals surface area contributed by atoms with Gasteiger partial charge in [-0.15, -0.1) is 0 Å². The van der Waals surface area contributed by atoms with Crippen LogP contribution in [0.3, 0.4) is 0 Å². The van der Waals surface area contributed by atoms with E-state index >= 15 is 0 Å². The molecule has 0 bridgehead atoms. The van der Waals surface area contributed by atoms with Gasteiger partial charge in [-0.05, 0) is 36.7 Å². The maximum Gasteiger partial charge on any atom is 0.122 e. The number of methoxy groups -OCH3 is 1. The highest BCUT2D eigenvalue weighted by molar-refractivity contribution is 9.10. The number of benzene rings is 1.